The Morgan fingerprint density at radius 1 is 1.38 bits per heavy atom. The van der Waals surface area contributed by atoms with E-state index in [1.165, 1.54) is 19.1 Å². The van der Waals surface area contributed by atoms with Crippen LogP contribution >= 0.6 is 12.4 Å². The van der Waals surface area contributed by atoms with E-state index in [0.717, 1.165) is 19.4 Å². The van der Waals surface area contributed by atoms with Crippen molar-refractivity contribution >= 4 is 28.2 Å². The van der Waals surface area contributed by atoms with Gasteiger partial charge in [-0.2, -0.15) is 0 Å². The van der Waals surface area contributed by atoms with Gasteiger partial charge in [0.1, 0.15) is 0 Å². The number of rotatable bonds is 4. The molecule has 1 saturated heterocycles. The molecular weight excluding hydrogens is 312 g/mol. The van der Waals surface area contributed by atoms with Gasteiger partial charge in [0.2, 0.25) is 10.0 Å². The molecule has 1 fully saturated rings. The molecule has 21 heavy (non-hydrogen) atoms. The van der Waals surface area contributed by atoms with Crippen LogP contribution in [0.3, 0.4) is 0 Å². The average molecular weight is 333 g/mol. The lowest BCUT2D eigenvalue weighted by Gasteiger charge is -2.28. The summed E-state index contributed by atoms with van der Waals surface area (Å²) in [5.74, 6) is -0.141. The molecule has 0 aliphatic carbocycles. The molecule has 2 unspecified atom stereocenters. The molecule has 1 heterocycles. The van der Waals surface area contributed by atoms with Gasteiger partial charge in [-0.15, -0.1) is 12.4 Å². The minimum atomic E-state index is -3.57. The van der Waals surface area contributed by atoms with Crippen molar-refractivity contribution in [2.45, 2.75) is 43.7 Å². The van der Waals surface area contributed by atoms with Crippen LogP contribution in [0, 0.1) is 0 Å². The van der Waals surface area contributed by atoms with Crippen molar-refractivity contribution in [3.05, 3.63) is 29.8 Å². The Morgan fingerprint density at radius 3 is 2.71 bits per heavy atom. The van der Waals surface area contributed by atoms with Crippen LogP contribution < -0.4 is 10.0 Å². The second kappa shape index (κ2) is 7.35. The Hall–Kier alpha value is -0.950. The number of halogens is 1. The summed E-state index contributed by atoms with van der Waals surface area (Å²) in [6.07, 6.45) is 1.54. The zero-order valence-electron chi connectivity index (χ0n) is 12.1. The van der Waals surface area contributed by atoms with Crippen molar-refractivity contribution in [2.24, 2.45) is 0 Å². The molecule has 1 aromatic rings. The molecule has 0 bridgehead atoms. The first kappa shape index (κ1) is 18.1. The van der Waals surface area contributed by atoms with Crippen molar-refractivity contribution < 1.29 is 13.2 Å². The van der Waals surface area contributed by atoms with Crippen LogP contribution in [0.2, 0.25) is 0 Å². The Kier molecular flexibility index (Phi) is 6.34. The van der Waals surface area contributed by atoms with Gasteiger partial charge in [0.25, 0.3) is 0 Å². The third-order valence-corrected chi connectivity index (χ3v) is 5.01. The van der Waals surface area contributed by atoms with Crippen molar-refractivity contribution in [3.8, 4) is 0 Å². The number of hydrogen-bond acceptors (Lipinski definition) is 4. The van der Waals surface area contributed by atoms with Gasteiger partial charge in [0.15, 0.2) is 5.78 Å². The van der Waals surface area contributed by atoms with E-state index >= 15 is 0 Å². The minimum absolute atomic E-state index is 0. The van der Waals surface area contributed by atoms with Crippen LogP contribution in [0.15, 0.2) is 29.2 Å². The van der Waals surface area contributed by atoms with Crippen LogP contribution in [0.5, 0.6) is 0 Å². The number of nitrogens with one attached hydrogen (secondary N) is 2. The summed E-state index contributed by atoms with van der Waals surface area (Å²) < 4.78 is 27.4. The molecule has 0 aromatic heterocycles. The Bertz CT molecular complexity index is 604. The topological polar surface area (TPSA) is 75.3 Å². The van der Waals surface area contributed by atoms with Crippen molar-refractivity contribution in [2.75, 3.05) is 6.54 Å². The standard InChI is InChI=1S/C14H20N2O3S.ClH/c1-10-8-13(6-7-15-10)16-20(18,19)14-5-3-4-12(9-14)11(2)17;/h3-5,9-10,13,15-16H,6-8H2,1-2H3;1H. The summed E-state index contributed by atoms with van der Waals surface area (Å²) in [7, 11) is -3.57. The molecular formula is C14H21ClN2O3S. The molecule has 1 aliphatic heterocycles. The van der Waals surface area contributed by atoms with Crippen molar-refractivity contribution in [3.63, 3.8) is 0 Å². The Labute approximate surface area is 132 Å². The van der Waals surface area contributed by atoms with E-state index in [9.17, 15) is 13.2 Å². The van der Waals surface area contributed by atoms with Gasteiger partial charge in [-0.1, -0.05) is 12.1 Å². The van der Waals surface area contributed by atoms with Gasteiger partial charge in [-0.3, -0.25) is 4.79 Å². The lowest BCUT2D eigenvalue weighted by atomic mass is 10.0. The number of carbonyl (C=O) groups excluding carboxylic acids is 1. The van der Waals surface area contributed by atoms with E-state index in [0.29, 0.717) is 11.6 Å². The highest BCUT2D eigenvalue weighted by molar-refractivity contribution is 7.89. The van der Waals surface area contributed by atoms with Crippen molar-refractivity contribution in [1.82, 2.24) is 10.0 Å². The molecule has 1 aromatic carbocycles. The van der Waals surface area contributed by atoms with Crippen LogP contribution in [-0.4, -0.2) is 32.8 Å². The predicted octanol–water partition coefficient (Wildman–Crippen LogP) is 1.73. The zero-order valence-corrected chi connectivity index (χ0v) is 13.8. The first-order chi connectivity index (χ1) is 9.38. The zero-order chi connectivity index (χ0) is 14.8. The molecule has 5 nitrogen and oxygen atoms in total. The second-order valence-corrected chi connectivity index (χ2v) is 7.00. The van der Waals surface area contributed by atoms with Crippen LogP contribution in [-0.2, 0) is 10.0 Å². The summed E-state index contributed by atoms with van der Waals surface area (Å²) >= 11 is 0. The molecule has 7 heteroatoms. The fourth-order valence-corrected chi connectivity index (χ4v) is 3.74. The second-order valence-electron chi connectivity index (χ2n) is 5.28. The lowest BCUT2D eigenvalue weighted by Crippen LogP contribution is -2.46. The normalized spacial score (nSPS) is 22.4. The molecule has 0 amide bonds. The maximum atomic E-state index is 12.3. The minimum Gasteiger partial charge on any atom is -0.314 e. The monoisotopic (exact) mass is 332 g/mol. The quantitative estimate of drug-likeness (QED) is 0.823. The fourth-order valence-electron chi connectivity index (χ4n) is 2.41. The third-order valence-electron chi connectivity index (χ3n) is 3.50. The first-order valence-corrected chi connectivity index (χ1v) is 8.23. The van der Waals surface area contributed by atoms with Gasteiger partial charge < -0.3 is 5.32 Å². The smallest absolute Gasteiger partial charge is 0.240 e. The number of carbonyl (C=O) groups is 1. The van der Waals surface area contributed by atoms with E-state index in [-0.39, 0.29) is 29.1 Å². The number of Topliss-reactive ketones (excluding diaryl/α,β-unsaturated/α-hetero) is 1. The largest absolute Gasteiger partial charge is 0.314 e. The van der Waals surface area contributed by atoms with Gasteiger partial charge >= 0.3 is 0 Å². The average Bonchev–Trinajstić information content (AvgIpc) is 2.38. The summed E-state index contributed by atoms with van der Waals surface area (Å²) in [4.78, 5) is 11.5. The van der Waals surface area contributed by atoms with Crippen LogP contribution in [0.25, 0.3) is 0 Å². The summed E-state index contributed by atoms with van der Waals surface area (Å²) in [6.45, 7) is 4.27. The third kappa shape index (κ3) is 4.78. The summed E-state index contributed by atoms with van der Waals surface area (Å²) in [5, 5.41) is 3.28. The highest BCUT2D eigenvalue weighted by Gasteiger charge is 2.24. The molecule has 0 saturated carbocycles. The SMILES string of the molecule is CC(=O)c1cccc(S(=O)(=O)NC2CCNC(C)C2)c1.Cl. The number of ketones is 1. The summed E-state index contributed by atoms with van der Waals surface area (Å²) in [6, 6.07) is 6.40. The predicted molar refractivity (Wildman–Crippen MR) is 84.5 cm³/mol. The van der Waals surface area contributed by atoms with Gasteiger partial charge in [-0.05, 0) is 45.4 Å². The van der Waals surface area contributed by atoms with E-state index in [4.69, 9.17) is 0 Å². The van der Waals surface area contributed by atoms with E-state index < -0.39 is 10.0 Å². The number of hydrogen-bond donors (Lipinski definition) is 2. The van der Waals surface area contributed by atoms with Crippen LogP contribution in [0.4, 0.5) is 0 Å². The van der Waals surface area contributed by atoms with E-state index in [1.807, 2.05) is 6.92 Å². The molecule has 0 spiro atoms. The highest BCUT2D eigenvalue weighted by atomic mass is 35.5. The van der Waals surface area contributed by atoms with Gasteiger partial charge in [0.05, 0.1) is 4.90 Å². The summed E-state index contributed by atoms with van der Waals surface area (Å²) in [5.41, 5.74) is 0.409. The van der Waals surface area contributed by atoms with E-state index in [2.05, 4.69) is 10.0 Å². The van der Waals surface area contributed by atoms with Gasteiger partial charge in [-0.25, -0.2) is 13.1 Å². The molecule has 1 aliphatic rings. The van der Waals surface area contributed by atoms with Crippen LogP contribution in [0.1, 0.15) is 37.0 Å². The molecule has 2 atom stereocenters. The maximum Gasteiger partial charge on any atom is 0.240 e. The van der Waals surface area contributed by atoms with Gasteiger partial charge in [0, 0.05) is 17.6 Å². The number of sulfonamides is 1. The molecule has 118 valence electrons. The Balaban J connectivity index is 0.00000220. The first-order valence-electron chi connectivity index (χ1n) is 6.75. The lowest BCUT2D eigenvalue weighted by molar-refractivity contribution is 0.101. The van der Waals surface area contributed by atoms with Crippen molar-refractivity contribution in [1.29, 1.82) is 0 Å². The fraction of sp³-hybridized carbons (Fsp3) is 0.500. The molecule has 2 N–H and O–H groups in total. The maximum absolute atomic E-state index is 12.3. The van der Waals surface area contributed by atoms with E-state index in [1.54, 1.807) is 12.1 Å². The number of benzene rings is 1. The Morgan fingerprint density at radius 2 is 2.10 bits per heavy atom. The molecule has 2 rings (SSSR count). The highest BCUT2D eigenvalue weighted by Crippen LogP contribution is 2.15. The number of piperidine rings is 1. The molecule has 0 radical (unpaired) electrons.